The van der Waals surface area contributed by atoms with Crippen LogP contribution in [0, 0.1) is 5.92 Å². The van der Waals surface area contributed by atoms with Gasteiger partial charge in [-0.2, -0.15) is 4.98 Å². The molecule has 2 unspecified atom stereocenters. The van der Waals surface area contributed by atoms with Crippen LogP contribution in [0.25, 0.3) is 22.8 Å². The molecule has 3 aromatic rings. The number of halogens is 1. The lowest BCUT2D eigenvalue weighted by Crippen LogP contribution is -2.40. The zero-order valence-corrected chi connectivity index (χ0v) is 16.0. The number of benzene rings is 2. The van der Waals surface area contributed by atoms with E-state index in [1.807, 2.05) is 24.3 Å². The Balaban J connectivity index is 1.61. The second-order valence-electron chi connectivity index (χ2n) is 6.99. The summed E-state index contributed by atoms with van der Waals surface area (Å²) in [5, 5.41) is 7.76. The lowest BCUT2D eigenvalue weighted by molar-refractivity contribution is 0.0929. The number of carbonyl (C=O) groups excluding carboxylic acids is 1. The molecular formula is C21H21ClN4O2. The Kier molecular flexibility index (Phi) is 5.41. The number of nitrogens with one attached hydrogen (secondary N) is 1. The fraction of sp³-hybridized carbons (Fsp3) is 0.286. The van der Waals surface area contributed by atoms with Gasteiger partial charge in [-0.05, 0) is 49.6 Å². The summed E-state index contributed by atoms with van der Waals surface area (Å²) in [6.45, 7) is 0.583. The Hall–Kier alpha value is -2.70. The van der Waals surface area contributed by atoms with E-state index in [4.69, 9.17) is 21.9 Å². The van der Waals surface area contributed by atoms with Gasteiger partial charge in [0.15, 0.2) is 0 Å². The van der Waals surface area contributed by atoms with Crippen LogP contribution in [-0.4, -0.2) is 28.6 Å². The monoisotopic (exact) mass is 396 g/mol. The molecule has 2 aromatic carbocycles. The number of rotatable bonds is 5. The van der Waals surface area contributed by atoms with E-state index in [1.54, 1.807) is 24.3 Å². The number of amides is 1. The van der Waals surface area contributed by atoms with Crippen molar-refractivity contribution in [1.82, 2.24) is 15.5 Å². The Morgan fingerprint density at radius 1 is 1.21 bits per heavy atom. The summed E-state index contributed by atoms with van der Waals surface area (Å²) in [6.07, 6.45) is 3.09. The van der Waals surface area contributed by atoms with E-state index in [1.165, 1.54) is 0 Å². The first-order chi connectivity index (χ1) is 13.7. The smallest absolute Gasteiger partial charge is 0.259 e. The first-order valence-corrected chi connectivity index (χ1v) is 9.73. The summed E-state index contributed by atoms with van der Waals surface area (Å²) in [4.78, 5) is 17.4. The first-order valence-electron chi connectivity index (χ1n) is 9.35. The average molecular weight is 397 g/mol. The van der Waals surface area contributed by atoms with Crippen LogP contribution in [0.4, 0.5) is 0 Å². The lowest BCUT2D eigenvalue weighted by Gasteiger charge is -2.20. The molecule has 1 aromatic heterocycles. The summed E-state index contributed by atoms with van der Waals surface area (Å²) < 4.78 is 5.44. The highest BCUT2D eigenvalue weighted by Crippen LogP contribution is 2.28. The average Bonchev–Trinajstić information content (AvgIpc) is 3.37. The molecule has 0 saturated heterocycles. The largest absolute Gasteiger partial charge is 0.349 e. The van der Waals surface area contributed by atoms with Gasteiger partial charge in [-0.15, -0.1) is 0 Å². The van der Waals surface area contributed by atoms with Crippen molar-refractivity contribution >= 4 is 17.5 Å². The zero-order chi connectivity index (χ0) is 19.5. The number of carbonyl (C=O) groups is 1. The van der Waals surface area contributed by atoms with E-state index in [9.17, 15) is 4.79 Å². The fourth-order valence-electron chi connectivity index (χ4n) is 3.70. The molecule has 28 heavy (non-hydrogen) atoms. The fourth-order valence-corrected chi connectivity index (χ4v) is 3.89. The van der Waals surface area contributed by atoms with Crippen molar-refractivity contribution in [2.45, 2.75) is 25.3 Å². The molecule has 1 amide bonds. The van der Waals surface area contributed by atoms with Gasteiger partial charge >= 0.3 is 0 Å². The summed E-state index contributed by atoms with van der Waals surface area (Å²) in [7, 11) is 0. The molecule has 144 valence electrons. The van der Waals surface area contributed by atoms with Gasteiger partial charge in [0.1, 0.15) is 0 Å². The van der Waals surface area contributed by atoms with Crippen LogP contribution in [0.2, 0.25) is 5.02 Å². The van der Waals surface area contributed by atoms with Crippen LogP contribution in [0.5, 0.6) is 0 Å². The molecule has 1 heterocycles. The van der Waals surface area contributed by atoms with Crippen molar-refractivity contribution in [3.05, 3.63) is 59.1 Å². The standard InChI is InChI=1S/C21H21ClN4O2/c22-15-7-3-5-13(11-15)19-25-21(28-26-19)17-9-2-1-8-16(17)20(27)24-18-10-4-6-14(18)12-23/h1-3,5,7-9,11,14,18H,4,6,10,12,23H2,(H,24,27). The Labute approximate surface area is 168 Å². The quantitative estimate of drug-likeness (QED) is 0.681. The Morgan fingerprint density at radius 2 is 2.07 bits per heavy atom. The van der Waals surface area contributed by atoms with Crippen molar-refractivity contribution in [1.29, 1.82) is 0 Å². The highest BCUT2D eigenvalue weighted by Gasteiger charge is 2.28. The number of hydrogen-bond acceptors (Lipinski definition) is 5. The highest BCUT2D eigenvalue weighted by molar-refractivity contribution is 6.30. The minimum Gasteiger partial charge on any atom is -0.349 e. The van der Waals surface area contributed by atoms with Gasteiger partial charge in [-0.1, -0.05) is 47.4 Å². The van der Waals surface area contributed by atoms with Crippen LogP contribution in [0.1, 0.15) is 29.6 Å². The van der Waals surface area contributed by atoms with Crippen molar-refractivity contribution < 1.29 is 9.32 Å². The molecule has 3 N–H and O–H groups in total. The number of hydrogen-bond donors (Lipinski definition) is 2. The molecule has 1 aliphatic carbocycles. The molecule has 1 fully saturated rings. The minimum atomic E-state index is -0.150. The van der Waals surface area contributed by atoms with E-state index in [2.05, 4.69) is 15.5 Å². The molecule has 0 bridgehead atoms. The normalized spacial score (nSPS) is 18.9. The molecule has 7 heteroatoms. The summed E-state index contributed by atoms with van der Waals surface area (Å²) in [5.74, 6) is 0.895. The number of aromatic nitrogens is 2. The third-order valence-corrected chi connectivity index (χ3v) is 5.42. The maximum atomic E-state index is 12.9. The third kappa shape index (κ3) is 3.79. The maximum absolute atomic E-state index is 12.9. The van der Waals surface area contributed by atoms with Gasteiger partial charge in [-0.25, -0.2) is 0 Å². The molecule has 1 aliphatic rings. The second kappa shape index (κ2) is 8.12. The SMILES string of the molecule is NCC1CCCC1NC(=O)c1ccccc1-c1nc(-c2cccc(Cl)c2)no1. The van der Waals surface area contributed by atoms with Gasteiger partial charge in [0.2, 0.25) is 5.82 Å². The summed E-state index contributed by atoms with van der Waals surface area (Å²) in [6, 6.07) is 14.6. The molecule has 0 aliphatic heterocycles. The van der Waals surface area contributed by atoms with Gasteiger partial charge in [0.25, 0.3) is 11.8 Å². The molecule has 6 nitrogen and oxygen atoms in total. The van der Waals surface area contributed by atoms with Crippen LogP contribution in [0.3, 0.4) is 0 Å². The molecule has 0 spiro atoms. The van der Waals surface area contributed by atoms with E-state index < -0.39 is 0 Å². The second-order valence-corrected chi connectivity index (χ2v) is 7.42. The third-order valence-electron chi connectivity index (χ3n) is 5.19. The van der Waals surface area contributed by atoms with Gasteiger partial charge in [-0.3, -0.25) is 4.79 Å². The Morgan fingerprint density at radius 3 is 2.89 bits per heavy atom. The molecule has 4 rings (SSSR count). The van der Waals surface area contributed by atoms with Crippen molar-refractivity contribution in [2.24, 2.45) is 11.7 Å². The van der Waals surface area contributed by atoms with E-state index in [0.717, 1.165) is 24.8 Å². The minimum absolute atomic E-state index is 0.107. The van der Waals surface area contributed by atoms with Crippen molar-refractivity contribution in [2.75, 3.05) is 6.54 Å². The molecular weight excluding hydrogens is 376 g/mol. The predicted molar refractivity (Wildman–Crippen MR) is 108 cm³/mol. The molecule has 2 atom stereocenters. The molecule has 1 saturated carbocycles. The summed E-state index contributed by atoms with van der Waals surface area (Å²) >= 11 is 6.04. The number of nitrogens with two attached hydrogens (primary N) is 1. The van der Waals surface area contributed by atoms with E-state index in [-0.39, 0.29) is 11.9 Å². The van der Waals surface area contributed by atoms with Crippen molar-refractivity contribution in [3.63, 3.8) is 0 Å². The topological polar surface area (TPSA) is 94.0 Å². The Bertz CT molecular complexity index is 988. The highest BCUT2D eigenvalue weighted by atomic mass is 35.5. The van der Waals surface area contributed by atoms with Gasteiger partial charge in [0, 0.05) is 16.6 Å². The first kappa shape index (κ1) is 18.7. The maximum Gasteiger partial charge on any atom is 0.259 e. The van der Waals surface area contributed by atoms with Crippen LogP contribution in [0.15, 0.2) is 53.1 Å². The van der Waals surface area contributed by atoms with Gasteiger partial charge < -0.3 is 15.6 Å². The van der Waals surface area contributed by atoms with Crippen LogP contribution >= 0.6 is 11.6 Å². The van der Waals surface area contributed by atoms with Gasteiger partial charge in [0.05, 0.1) is 11.1 Å². The summed E-state index contributed by atoms with van der Waals surface area (Å²) in [5.41, 5.74) is 7.69. The van der Waals surface area contributed by atoms with E-state index >= 15 is 0 Å². The molecule has 0 radical (unpaired) electrons. The zero-order valence-electron chi connectivity index (χ0n) is 15.3. The van der Waals surface area contributed by atoms with Crippen LogP contribution in [-0.2, 0) is 0 Å². The number of nitrogens with zero attached hydrogens (tertiary/aromatic N) is 2. The van der Waals surface area contributed by atoms with E-state index in [0.29, 0.717) is 40.3 Å². The van der Waals surface area contributed by atoms with Crippen LogP contribution < -0.4 is 11.1 Å². The van der Waals surface area contributed by atoms with Crippen molar-refractivity contribution in [3.8, 4) is 22.8 Å². The predicted octanol–water partition coefficient (Wildman–Crippen LogP) is 3.91. The lowest BCUT2D eigenvalue weighted by atomic mass is 10.0.